The van der Waals surface area contributed by atoms with Crippen molar-refractivity contribution in [2.75, 3.05) is 18.0 Å². The maximum atomic E-state index is 12.3. The summed E-state index contributed by atoms with van der Waals surface area (Å²) in [7, 11) is 0. The first kappa shape index (κ1) is 36.6. The number of nitrogens with zero attached hydrogens (tertiary/aromatic N) is 4. The first-order valence-corrected chi connectivity index (χ1v) is 18.9. The van der Waals surface area contributed by atoms with E-state index in [2.05, 4.69) is 122 Å². The molecule has 0 aliphatic heterocycles. The molecule has 1 amide bonds. The van der Waals surface area contributed by atoms with Crippen molar-refractivity contribution < 1.29 is 4.79 Å². The number of hydrogen-bond donors (Lipinski definition) is 2. The Morgan fingerprint density at radius 1 is 0.882 bits per heavy atom. The summed E-state index contributed by atoms with van der Waals surface area (Å²) in [6.45, 7) is 13.8. The lowest BCUT2D eigenvalue weighted by Gasteiger charge is -2.21. The molecule has 2 heterocycles. The predicted octanol–water partition coefficient (Wildman–Crippen LogP) is 10.0. The lowest BCUT2D eigenvalue weighted by molar-refractivity contribution is -0.118. The van der Waals surface area contributed by atoms with Gasteiger partial charge in [-0.3, -0.25) is 4.79 Å². The van der Waals surface area contributed by atoms with Crippen molar-refractivity contribution in [3.05, 3.63) is 123 Å². The Kier molecular flexibility index (Phi) is 11.2. The molecule has 0 aliphatic rings. The lowest BCUT2D eigenvalue weighted by Crippen LogP contribution is -2.26. The number of aromatic nitrogens is 3. The van der Waals surface area contributed by atoms with Crippen LogP contribution in [-0.2, 0) is 23.3 Å². The van der Waals surface area contributed by atoms with E-state index in [0.717, 1.165) is 68.5 Å². The number of halogens is 2. The SMILES string of the molecule is CCN(CC)c1ccc(-c2nc3cc(C(CC(N)=O)NCc4ccc(-c5nc(C(C)(C)C)cs5)cc4)ccc3n2Cc2ccc(Cl)c(Cl)c2)cc1. The van der Waals surface area contributed by atoms with E-state index in [0.29, 0.717) is 23.1 Å². The standard InChI is InChI=1S/C41H44Cl2N6OS/c1-6-48(7-2)31-16-13-28(14-17-31)39-46-35-21-30(15-19-36(35)49(39)24-27-10-18-32(42)33(43)20-27)34(22-38(44)50)45-23-26-8-11-29(12-9-26)40-47-37(25-51-40)41(3,4)5/h8-21,25,34,45H,6-7,22-24H2,1-5H3,(H2,44,50). The van der Waals surface area contributed by atoms with Crippen LogP contribution in [0.5, 0.6) is 0 Å². The van der Waals surface area contributed by atoms with Gasteiger partial charge in [0.1, 0.15) is 10.8 Å². The third-order valence-electron chi connectivity index (χ3n) is 9.18. The van der Waals surface area contributed by atoms with E-state index in [-0.39, 0.29) is 23.8 Å². The number of imidazole rings is 1. The van der Waals surface area contributed by atoms with E-state index in [9.17, 15) is 4.79 Å². The molecule has 3 N–H and O–H groups in total. The van der Waals surface area contributed by atoms with Gasteiger partial charge in [0.15, 0.2) is 0 Å². The summed E-state index contributed by atoms with van der Waals surface area (Å²) in [6.07, 6.45) is 0.155. The number of hydrogen-bond acceptors (Lipinski definition) is 6. The van der Waals surface area contributed by atoms with Gasteiger partial charge in [0, 0.05) is 66.3 Å². The van der Waals surface area contributed by atoms with E-state index in [1.54, 1.807) is 11.3 Å². The zero-order valence-corrected chi connectivity index (χ0v) is 32.0. The van der Waals surface area contributed by atoms with Crippen molar-refractivity contribution in [2.24, 2.45) is 5.73 Å². The maximum absolute atomic E-state index is 12.3. The molecule has 7 nitrogen and oxygen atoms in total. The van der Waals surface area contributed by atoms with E-state index >= 15 is 0 Å². The average molecular weight is 740 g/mol. The minimum atomic E-state index is -0.375. The van der Waals surface area contributed by atoms with E-state index < -0.39 is 0 Å². The minimum Gasteiger partial charge on any atom is -0.372 e. The molecule has 0 bridgehead atoms. The van der Waals surface area contributed by atoms with Crippen LogP contribution in [0.3, 0.4) is 0 Å². The van der Waals surface area contributed by atoms with Gasteiger partial charge in [-0.05, 0) is 79.1 Å². The minimum absolute atomic E-state index is 0.0124. The van der Waals surface area contributed by atoms with Crippen LogP contribution in [0.1, 0.15) is 69.5 Å². The number of rotatable bonds is 13. The highest BCUT2D eigenvalue weighted by Gasteiger charge is 2.20. The fraction of sp³-hybridized carbons (Fsp3) is 0.293. The molecule has 2 aromatic heterocycles. The normalized spacial score (nSPS) is 12.4. The van der Waals surface area contributed by atoms with Gasteiger partial charge < -0.3 is 20.5 Å². The topological polar surface area (TPSA) is 89.1 Å². The van der Waals surface area contributed by atoms with E-state index in [1.165, 1.54) is 5.69 Å². The van der Waals surface area contributed by atoms with Crippen LogP contribution >= 0.6 is 34.5 Å². The summed E-state index contributed by atoms with van der Waals surface area (Å²) >= 11 is 14.3. The van der Waals surface area contributed by atoms with Crippen molar-refractivity contribution in [2.45, 2.75) is 65.6 Å². The Balaban J connectivity index is 1.29. The van der Waals surface area contributed by atoms with Crippen molar-refractivity contribution in [3.63, 3.8) is 0 Å². The predicted molar refractivity (Wildman–Crippen MR) is 214 cm³/mol. The maximum Gasteiger partial charge on any atom is 0.219 e. The lowest BCUT2D eigenvalue weighted by atomic mass is 9.93. The molecule has 1 unspecified atom stereocenters. The zero-order valence-electron chi connectivity index (χ0n) is 29.7. The zero-order chi connectivity index (χ0) is 36.3. The molecule has 0 spiro atoms. The smallest absolute Gasteiger partial charge is 0.219 e. The number of fused-ring (bicyclic) bond motifs is 1. The van der Waals surface area contributed by atoms with Crippen molar-refractivity contribution in [3.8, 4) is 22.0 Å². The van der Waals surface area contributed by atoms with Crippen LogP contribution in [0.15, 0.2) is 90.3 Å². The molecule has 6 aromatic rings. The largest absolute Gasteiger partial charge is 0.372 e. The Hall–Kier alpha value is -4.21. The van der Waals surface area contributed by atoms with Crippen LogP contribution in [-0.4, -0.2) is 33.5 Å². The number of primary amides is 1. The highest BCUT2D eigenvalue weighted by Crippen LogP contribution is 2.33. The molecule has 264 valence electrons. The monoisotopic (exact) mass is 738 g/mol. The third kappa shape index (κ3) is 8.47. The molecule has 4 aromatic carbocycles. The molecule has 0 aliphatic carbocycles. The van der Waals surface area contributed by atoms with Crippen LogP contribution in [0.4, 0.5) is 5.69 Å². The Morgan fingerprint density at radius 2 is 1.57 bits per heavy atom. The number of amides is 1. The number of anilines is 1. The highest BCUT2D eigenvalue weighted by molar-refractivity contribution is 7.13. The highest BCUT2D eigenvalue weighted by atomic mass is 35.5. The van der Waals surface area contributed by atoms with Crippen molar-refractivity contribution in [1.82, 2.24) is 19.9 Å². The molecule has 6 rings (SSSR count). The number of carbonyl (C=O) groups excluding carboxylic acids is 1. The summed E-state index contributed by atoms with van der Waals surface area (Å²) in [5.41, 5.74) is 15.0. The third-order valence-corrected chi connectivity index (χ3v) is 10.8. The van der Waals surface area contributed by atoms with Crippen LogP contribution in [0, 0.1) is 0 Å². The van der Waals surface area contributed by atoms with Gasteiger partial charge in [0.05, 0.1) is 26.8 Å². The summed E-state index contributed by atoms with van der Waals surface area (Å²) in [4.78, 5) is 24.6. The van der Waals surface area contributed by atoms with Crippen molar-refractivity contribution >= 4 is 57.2 Å². The molecular formula is C41H44Cl2N6OS. The summed E-state index contributed by atoms with van der Waals surface area (Å²) in [5, 5.41) is 7.76. The van der Waals surface area contributed by atoms with Gasteiger partial charge >= 0.3 is 0 Å². The Bertz CT molecular complexity index is 2130. The second-order valence-corrected chi connectivity index (χ2v) is 15.5. The fourth-order valence-corrected chi connectivity index (χ4v) is 7.61. The number of nitrogens with one attached hydrogen (secondary N) is 1. The molecule has 0 saturated heterocycles. The van der Waals surface area contributed by atoms with Crippen LogP contribution in [0.2, 0.25) is 10.0 Å². The first-order chi connectivity index (χ1) is 24.4. The molecule has 0 saturated carbocycles. The molecule has 10 heteroatoms. The van der Waals surface area contributed by atoms with Gasteiger partial charge in [-0.1, -0.05) is 80.4 Å². The average Bonchev–Trinajstić information content (AvgIpc) is 3.75. The first-order valence-electron chi connectivity index (χ1n) is 17.3. The molecular weight excluding hydrogens is 695 g/mol. The van der Waals surface area contributed by atoms with Crippen molar-refractivity contribution in [1.29, 1.82) is 0 Å². The Morgan fingerprint density at radius 3 is 2.20 bits per heavy atom. The number of nitrogens with two attached hydrogens (primary N) is 1. The second-order valence-electron chi connectivity index (χ2n) is 13.8. The van der Waals surface area contributed by atoms with E-state index in [4.69, 9.17) is 38.9 Å². The van der Waals surface area contributed by atoms with Gasteiger partial charge in [0.25, 0.3) is 0 Å². The second kappa shape index (κ2) is 15.6. The van der Waals surface area contributed by atoms with Gasteiger partial charge in [0.2, 0.25) is 5.91 Å². The van der Waals surface area contributed by atoms with Gasteiger partial charge in [-0.15, -0.1) is 11.3 Å². The molecule has 51 heavy (non-hydrogen) atoms. The number of carbonyl (C=O) groups is 1. The van der Waals surface area contributed by atoms with Gasteiger partial charge in [-0.2, -0.15) is 0 Å². The summed E-state index contributed by atoms with van der Waals surface area (Å²) in [6, 6.07) is 28.6. The summed E-state index contributed by atoms with van der Waals surface area (Å²) in [5.74, 6) is 0.467. The number of thiazole rings is 1. The fourth-order valence-electron chi connectivity index (χ4n) is 6.24. The molecule has 0 radical (unpaired) electrons. The number of benzene rings is 4. The van der Waals surface area contributed by atoms with Crippen LogP contribution < -0.4 is 16.0 Å². The van der Waals surface area contributed by atoms with Gasteiger partial charge in [-0.25, -0.2) is 9.97 Å². The molecule has 0 fully saturated rings. The Labute approximate surface area is 314 Å². The summed E-state index contributed by atoms with van der Waals surface area (Å²) < 4.78 is 2.20. The molecule has 1 atom stereocenters. The quantitative estimate of drug-likeness (QED) is 0.123. The van der Waals surface area contributed by atoms with Crippen LogP contribution in [0.25, 0.3) is 33.0 Å². The van der Waals surface area contributed by atoms with E-state index in [1.807, 2.05) is 18.2 Å².